The number of piperidine rings is 1. The van der Waals surface area contributed by atoms with Gasteiger partial charge in [0.2, 0.25) is 0 Å². The van der Waals surface area contributed by atoms with E-state index in [2.05, 4.69) is 76.6 Å². The van der Waals surface area contributed by atoms with Gasteiger partial charge in [-0.2, -0.15) is 0 Å². The zero-order valence-corrected chi connectivity index (χ0v) is 22.1. The molecule has 1 aliphatic rings. The molecule has 0 saturated carbocycles. The molecule has 184 valence electrons. The van der Waals surface area contributed by atoms with Crippen molar-refractivity contribution >= 4 is 10.9 Å². The first-order valence-electron chi connectivity index (χ1n) is 13.2. The maximum absolute atomic E-state index is 13.6. The van der Waals surface area contributed by atoms with Gasteiger partial charge in [-0.25, -0.2) is 4.98 Å². The molecule has 1 unspecified atom stereocenters. The third-order valence-corrected chi connectivity index (χ3v) is 7.10. The molecule has 1 fully saturated rings. The maximum Gasteiger partial charge on any atom is 0.261 e. The van der Waals surface area contributed by atoms with Crippen molar-refractivity contribution in [2.45, 2.75) is 86.4 Å². The van der Waals surface area contributed by atoms with Gasteiger partial charge in [-0.1, -0.05) is 47.1 Å². The van der Waals surface area contributed by atoms with Crippen LogP contribution in [0, 0.1) is 17.8 Å². The van der Waals surface area contributed by atoms with Gasteiger partial charge in [0.1, 0.15) is 5.82 Å². The van der Waals surface area contributed by atoms with Gasteiger partial charge < -0.3 is 4.90 Å². The summed E-state index contributed by atoms with van der Waals surface area (Å²) in [6.07, 6.45) is 4.60. The highest BCUT2D eigenvalue weighted by molar-refractivity contribution is 5.78. The van der Waals surface area contributed by atoms with Gasteiger partial charge in [0.05, 0.1) is 16.9 Å². The van der Waals surface area contributed by atoms with E-state index in [0.717, 1.165) is 55.7 Å². The normalized spacial score (nSPS) is 20.8. The first kappa shape index (κ1) is 25.9. The number of likely N-dealkylation sites (tertiary alicyclic amines) is 1. The van der Waals surface area contributed by atoms with Gasteiger partial charge in [0.25, 0.3) is 5.56 Å². The monoisotopic (exact) mass is 454 g/mol. The smallest absolute Gasteiger partial charge is 0.261 e. The van der Waals surface area contributed by atoms with Crippen LogP contribution in [0.25, 0.3) is 10.9 Å². The highest BCUT2D eigenvalue weighted by atomic mass is 16.1. The van der Waals surface area contributed by atoms with Crippen molar-refractivity contribution in [2.24, 2.45) is 17.8 Å². The summed E-state index contributed by atoms with van der Waals surface area (Å²) in [5.74, 6) is 3.03. The number of benzene rings is 1. The fraction of sp³-hybridized carbons (Fsp3) is 0.714. The lowest BCUT2D eigenvalue weighted by atomic mass is 9.90. The molecule has 2 aromatic rings. The molecule has 3 rings (SSSR count). The molecule has 33 heavy (non-hydrogen) atoms. The molecule has 1 aromatic heterocycles. The lowest BCUT2D eigenvalue weighted by Crippen LogP contribution is -2.43. The SMILES string of the molecule is CCCC(c1nc2ccc(CN(C)CCC(C)C)cc2c(=O)n1CC)N1C[C@H](C)C[C@H](C)C1. The second-order valence-corrected chi connectivity index (χ2v) is 11.0. The lowest BCUT2D eigenvalue weighted by molar-refractivity contribution is 0.0836. The van der Waals surface area contributed by atoms with Gasteiger partial charge in [-0.15, -0.1) is 0 Å². The Kier molecular flexibility index (Phi) is 9.11. The van der Waals surface area contributed by atoms with E-state index < -0.39 is 0 Å². The molecule has 0 bridgehead atoms. The van der Waals surface area contributed by atoms with E-state index >= 15 is 0 Å². The molecule has 3 atom stereocenters. The molecule has 2 heterocycles. The van der Waals surface area contributed by atoms with E-state index in [1.165, 1.54) is 18.4 Å². The molecule has 1 aliphatic heterocycles. The van der Waals surface area contributed by atoms with Crippen molar-refractivity contribution < 1.29 is 0 Å². The minimum absolute atomic E-state index is 0.114. The lowest BCUT2D eigenvalue weighted by Gasteiger charge is -2.40. The van der Waals surface area contributed by atoms with E-state index in [9.17, 15) is 4.79 Å². The number of hydrogen-bond donors (Lipinski definition) is 0. The summed E-state index contributed by atoms with van der Waals surface area (Å²) < 4.78 is 1.94. The molecule has 0 N–H and O–H groups in total. The number of fused-ring (bicyclic) bond motifs is 1. The average Bonchev–Trinajstić information content (AvgIpc) is 2.75. The van der Waals surface area contributed by atoms with Crippen molar-refractivity contribution in [1.29, 1.82) is 0 Å². The van der Waals surface area contributed by atoms with Crippen molar-refractivity contribution in [2.75, 3.05) is 26.7 Å². The summed E-state index contributed by atoms with van der Waals surface area (Å²) in [5.41, 5.74) is 2.14. The van der Waals surface area contributed by atoms with Crippen molar-refractivity contribution in [3.63, 3.8) is 0 Å². The third-order valence-electron chi connectivity index (χ3n) is 7.10. The van der Waals surface area contributed by atoms with Gasteiger partial charge in [-0.3, -0.25) is 14.3 Å². The molecule has 0 aliphatic carbocycles. The van der Waals surface area contributed by atoms with Crippen LogP contribution >= 0.6 is 0 Å². The number of nitrogens with zero attached hydrogens (tertiary/aromatic N) is 4. The quantitative estimate of drug-likeness (QED) is 0.461. The summed E-state index contributed by atoms with van der Waals surface area (Å²) in [6.45, 7) is 18.3. The van der Waals surface area contributed by atoms with Gasteiger partial charge in [-0.05, 0) is 75.2 Å². The van der Waals surface area contributed by atoms with Gasteiger partial charge >= 0.3 is 0 Å². The molecular weight excluding hydrogens is 408 g/mol. The van der Waals surface area contributed by atoms with E-state index in [-0.39, 0.29) is 11.6 Å². The van der Waals surface area contributed by atoms with Crippen molar-refractivity contribution in [3.8, 4) is 0 Å². The molecule has 0 radical (unpaired) electrons. The molecule has 1 saturated heterocycles. The average molecular weight is 455 g/mol. The zero-order chi connectivity index (χ0) is 24.1. The standard InChI is InChI=1S/C28H46N4O/c1-8-10-26(31-17-21(5)15-22(6)18-31)27-29-25-12-11-23(19-30(7)14-13-20(3)4)16-24(25)28(33)32(27)9-2/h11-12,16,20-22,26H,8-10,13-15,17-19H2,1-7H3/t21-,22+,26?. The Hall–Kier alpha value is -1.72. The Morgan fingerprint density at radius 2 is 1.82 bits per heavy atom. The van der Waals surface area contributed by atoms with Gasteiger partial charge in [0, 0.05) is 26.2 Å². The Balaban J connectivity index is 1.96. The topological polar surface area (TPSA) is 41.4 Å². The number of rotatable bonds is 10. The maximum atomic E-state index is 13.6. The highest BCUT2D eigenvalue weighted by Gasteiger charge is 2.31. The van der Waals surface area contributed by atoms with E-state index in [1.54, 1.807) is 0 Å². The zero-order valence-electron chi connectivity index (χ0n) is 22.1. The van der Waals surface area contributed by atoms with E-state index in [1.807, 2.05) is 4.57 Å². The molecule has 5 nitrogen and oxygen atoms in total. The predicted octanol–water partition coefficient (Wildman–Crippen LogP) is 5.71. The molecule has 0 spiro atoms. The van der Waals surface area contributed by atoms with E-state index in [0.29, 0.717) is 24.3 Å². The van der Waals surface area contributed by atoms with Crippen LogP contribution < -0.4 is 5.56 Å². The van der Waals surface area contributed by atoms with Crippen LogP contribution in [-0.2, 0) is 13.1 Å². The number of aromatic nitrogens is 2. The first-order chi connectivity index (χ1) is 15.7. The Morgan fingerprint density at radius 1 is 1.12 bits per heavy atom. The first-order valence-corrected chi connectivity index (χ1v) is 13.2. The highest BCUT2D eigenvalue weighted by Crippen LogP contribution is 2.32. The van der Waals surface area contributed by atoms with Crippen molar-refractivity contribution in [3.05, 3.63) is 39.9 Å². The minimum Gasteiger partial charge on any atom is -0.302 e. The predicted molar refractivity (Wildman–Crippen MR) is 140 cm³/mol. The molecule has 0 amide bonds. The van der Waals surface area contributed by atoms with Crippen LogP contribution in [0.4, 0.5) is 0 Å². The second-order valence-electron chi connectivity index (χ2n) is 11.0. The Bertz CT molecular complexity index is 956. The second kappa shape index (κ2) is 11.6. The number of hydrogen-bond acceptors (Lipinski definition) is 4. The Labute approximate surface area is 201 Å². The van der Waals surface area contributed by atoms with Crippen LogP contribution in [0.15, 0.2) is 23.0 Å². The van der Waals surface area contributed by atoms with Gasteiger partial charge in [0.15, 0.2) is 0 Å². The largest absolute Gasteiger partial charge is 0.302 e. The summed E-state index contributed by atoms with van der Waals surface area (Å²) >= 11 is 0. The fourth-order valence-electron chi connectivity index (χ4n) is 5.53. The summed E-state index contributed by atoms with van der Waals surface area (Å²) in [7, 11) is 2.16. The summed E-state index contributed by atoms with van der Waals surface area (Å²) in [6, 6.07) is 6.50. The molecule has 5 heteroatoms. The molecule has 1 aromatic carbocycles. The van der Waals surface area contributed by atoms with Crippen LogP contribution in [-0.4, -0.2) is 46.0 Å². The Morgan fingerprint density at radius 3 is 2.42 bits per heavy atom. The van der Waals surface area contributed by atoms with E-state index in [4.69, 9.17) is 4.98 Å². The van der Waals surface area contributed by atoms with Crippen LogP contribution in [0.2, 0.25) is 0 Å². The molecular formula is C28H46N4O. The minimum atomic E-state index is 0.114. The van der Waals surface area contributed by atoms with Crippen LogP contribution in [0.5, 0.6) is 0 Å². The summed E-state index contributed by atoms with van der Waals surface area (Å²) in [5, 5.41) is 0.756. The third kappa shape index (κ3) is 6.45. The van der Waals surface area contributed by atoms with Crippen molar-refractivity contribution in [1.82, 2.24) is 19.4 Å². The fourth-order valence-corrected chi connectivity index (χ4v) is 5.53. The summed E-state index contributed by atoms with van der Waals surface area (Å²) in [4.78, 5) is 23.7. The van der Waals surface area contributed by atoms with Crippen LogP contribution in [0.1, 0.15) is 84.7 Å². The van der Waals surface area contributed by atoms with Crippen LogP contribution in [0.3, 0.4) is 0 Å².